The molecule has 0 atom stereocenters. The lowest BCUT2D eigenvalue weighted by Crippen LogP contribution is -2.35. The zero-order valence-corrected chi connectivity index (χ0v) is 24.2. The predicted octanol–water partition coefficient (Wildman–Crippen LogP) is 6.14. The number of benzene rings is 3. The third-order valence-corrected chi connectivity index (χ3v) is 7.42. The van der Waals surface area contributed by atoms with E-state index in [-0.39, 0.29) is 29.1 Å². The summed E-state index contributed by atoms with van der Waals surface area (Å²) in [6.07, 6.45) is 3.57. The summed E-state index contributed by atoms with van der Waals surface area (Å²) in [6.45, 7) is 2.46. The van der Waals surface area contributed by atoms with Gasteiger partial charge in [0.05, 0.1) is 25.9 Å². The van der Waals surface area contributed by atoms with Gasteiger partial charge in [-0.2, -0.15) is 0 Å². The molecular formula is C30H25BrFN3O4S. The number of rotatable bonds is 8. The Kier molecular flexibility index (Phi) is 7.99. The second-order valence-corrected chi connectivity index (χ2v) is 10.3. The number of aromatic nitrogens is 1. The highest BCUT2D eigenvalue weighted by Crippen LogP contribution is 2.33. The van der Waals surface area contributed by atoms with Gasteiger partial charge in [0.15, 0.2) is 5.11 Å². The first-order valence-electron chi connectivity index (χ1n) is 12.5. The van der Waals surface area contributed by atoms with Crippen molar-refractivity contribution in [1.29, 1.82) is 0 Å². The Hall–Kier alpha value is -4.02. The van der Waals surface area contributed by atoms with Crippen molar-refractivity contribution in [3.8, 4) is 5.75 Å². The largest absolute Gasteiger partial charge is 0.494 e. The maximum absolute atomic E-state index is 14.5. The molecule has 7 nitrogen and oxygen atoms in total. The average molecular weight is 623 g/mol. The fourth-order valence-corrected chi connectivity index (χ4v) is 5.33. The van der Waals surface area contributed by atoms with E-state index >= 15 is 0 Å². The molecule has 0 unspecified atom stereocenters. The number of nitrogens with zero attached hydrogens (tertiary/aromatic N) is 3. The van der Waals surface area contributed by atoms with Crippen molar-refractivity contribution in [2.45, 2.75) is 13.5 Å². The number of carbonyl (C=O) groups is 2. The summed E-state index contributed by atoms with van der Waals surface area (Å²) in [5.74, 6) is -0.561. The molecule has 40 heavy (non-hydrogen) atoms. The van der Waals surface area contributed by atoms with Gasteiger partial charge < -0.3 is 18.9 Å². The van der Waals surface area contributed by atoms with Crippen LogP contribution in [0, 0.1) is 5.82 Å². The van der Waals surface area contributed by atoms with E-state index in [2.05, 4.69) is 15.9 Å². The lowest BCUT2D eigenvalue weighted by molar-refractivity contribution is -0.140. The summed E-state index contributed by atoms with van der Waals surface area (Å²) in [4.78, 5) is 29.0. The minimum absolute atomic E-state index is 0.155. The lowest BCUT2D eigenvalue weighted by Gasteiger charge is -2.19. The first-order valence-corrected chi connectivity index (χ1v) is 13.7. The molecule has 4 aromatic rings. The normalized spacial score (nSPS) is 14.4. The van der Waals surface area contributed by atoms with Crippen molar-refractivity contribution in [3.05, 3.63) is 100 Å². The smallest absolute Gasteiger partial charge is 0.325 e. The summed E-state index contributed by atoms with van der Waals surface area (Å²) in [5.41, 5.74) is 2.86. The molecule has 5 rings (SSSR count). The van der Waals surface area contributed by atoms with Gasteiger partial charge >= 0.3 is 5.97 Å². The van der Waals surface area contributed by atoms with Gasteiger partial charge in [0.1, 0.15) is 23.8 Å². The Morgan fingerprint density at radius 2 is 1.85 bits per heavy atom. The van der Waals surface area contributed by atoms with E-state index in [0.29, 0.717) is 35.7 Å². The minimum Gasteiger partial charge on any atom is -0.494 e. The molecule has 1 fully saturated rings. The van der Waals surface area contributed by atoms with Crippen LogP contribution in [0.4, 0.5) is 10.1 Å². The van der Waals surface area contributed by atoms with Crippen LogP contribution in [0.25, 0.3) is 17.0 Å². The Labute approximate surface area is 244 Å². The van der Waals surface area contributed by atoms with Crippen molar-refractivity contribution >= 4 is 67.8 Å². The van der Waals surface area contributed by atoms with Gasteiger partial charge in [-0.1, -0.05) is 34.1 Å². The number of carbonyl (C=O) groups excluding carboxylic acids is 2. The second kappa shape index (κ2) is 11.6. The molecule has 1 aliphatic rings. The fraction of sp³-hybridized carbons (Fsp3) is 0.167. The number of halogens is 2. The van der Waals surface area contributed by atoms with Gasteiger partial charge in [-0.3, -0.25) is 14.5 Å². The Bertz CT molecular complexity index is 1650. The molecule has 10 heteroatoms. The average Bonchev–Trinajstić information content (AvgIpc) is 3.39. The number of ether oxygens (including phenoxy) is 2. The van der Waals surface area contributed by atoms with Crippen LogP contribution in [-0.2, 0) is 20.9 Å². The van der Waals surface area contributed by atoms with Gasteiger partial charge in [0.2, 0.25) is 0 Å². The first-order chi connectivity index (χ1) is 19.3. The Morgan fingerprint density at radius 3 is 2.55 bits per heavy atom. The highest BCUT2D eigenvalue weighted by atomic mass is 79.9. The molecule has 0 radical (unpaired) electrons. The molecule has 2 heterocycles. The van der Waals surface area contributed by atoms with E-state index < -0.39 is 5.97 Å². The van der Waals surface area contributed by atoms with Gasteiger partial charge in [0, 0.05) is 32.7 Å². The molecule has 0 spiro atoms. The third kappa shape index (κ3) is 5.37. The van der Waals surface area contributed by atoms with Gasteiger partial charge in [0.25, 0.3) is 5.91 Å². The zero-order valence-electron chi connectivity index (χ0n) is 21.8. The van der Waals surface area contributed by atoms with Crippen LogP contribution in [0.1, 0.15) is 18.1 Å². The molecule has 0 aliphatic carbocycles. The van der Waals surface area contributed by atoms with Crippen LogP contribution >= 0.6 is 28.1 Å². The number of amides is 1. The van der Waals surface area contributed by atoms with Crippen LogP contribution in [0.5, 0.6) is 5.75 Å². The summed E-state index contributed by atoms with van der Waals surface area (Å²) < 4.78 is 27.7. The van der Waals surface area contributed by atoms with Gasteiger partial charge in [-0.05, 0) is 73.7 Å². The van der Waals surface area contributed by atoms with E-state index in [4.69, 9.17) is 21.7 Å². The second-order valence-electron chi connectivity index (χ2n) is 9.01. The van der Waals surface area contributed by atoms with Crippen molar-refractivity contribution in [2.24, 2.45) is 0 Å². The summed E-state index contributed by atoms with van der Waals surface area (Å²) in [6, 6.07) is 19.4. The van der Waals surface area contributed by atoms with Crippen molar-refractivity contribution in [3.63, 3.8) is 0 Å². The maximum Gasteiger partial charge on any atom is 0.325 e. The quantitative estimate of drug-likeness (QED) is 0.134. The molecule has 1 aromatic heterocycles. The molecule has 1 amide bonds. The third-order valence-electron chi connectivity index (χ3n) is 6.52. The van der Waals surface area contributed by atoms with Crippen LogP contribution in [0.3, 0.4) is 0 Å². The summed E-state index contributed by atoms with van der Waals surface area (Å²) >= 11 is 9.22. The van der Waals surface area contributed by atoms with E-state index in [1.165, 1.54) is 23.0 Å². The molecule has 0 bridgehead atoms. The number of fused-ring (bicyclic) bond motifs is 1. The van der Waals surface area contributed by atoms with E-state index in [1.807, 2.05) is 35.9 Å². The van der Waals surface area contributed by atoms with Crippen LogP contribution in [0.15, 0.2) is 83.1 Å². The van der Waals surface area contributed by atoms with Gasteiger partial charge in [-0.25, -0.2) is 4.39 Å². The lowest BCUT2D eigenvalue weighted by atomic mass is 10.1. The standard InChI is InChI=1S/C30H25BrFN3O4S/c1-3-39-23-11-9-22(10-12-23)35-29(37)27(34(30(35)40)18-28(36)38-2)14-20-17-33(16-19-6-4-5-7-25(19)32)26-13-8-21(31)15-24(20)26/h4-15,17H,3,16,18H2,1-2H3/b27-14-. The number of esters is 1. The summed E-state index contributed by atoms with van der Waals surface area (Å²) in [7, 11) is 1.28. The Balaban J connectivity index is 1.60. The number of methoxy groups -OCH3 is 1. The van der Waals surface area contributed by atoms with Gasteiger partial charge in [-0.15, -0.1) is 0 Å². The molecule has 3 aromatic carbocycles. The highest BCUT2D eigenvalue weighted by molar-refractivity contribution is 9.10. The number of thiocarbonyl (C=S) groups is 1. The molecule has 0 saturated carbocycles. The van der Waals surface area contributed by atoms with E-state index in [0.717, 1.165) is 15.4 Å². The molecule has 204 valence electrons. The molecular weight excluding hydrogens is 597 g/mol. The SMILES string of the molecule is CCOc1ccc(N2C(=O)/C(=C/c3cn(Cc4ccccc4F)c4ccc(Br)cc34)N(CC(=O)OC)C2=S)cc1. The predicted molar refractivity (Wildman–Crippen MR) is 160 cm³/mol. The fourth-order valence-electron chi connectivity index (χ4n) is 4.61. The van der Waals surface area contributed by atoms with Crippen molar-refractivity contribution in [2.75, 3.05) is 25.2 Å². The first kappa shape index (κ1) is 27.5. The minimum atomic E-state index is -0.542. The monoisotopic (exact) mass is 621 g/mol. The molecule has 1 saturated heterocycles. The maximum atomic E-state index is 14.5. The van der Waals surface area contributed by atoms with Crippen LogP contribution in [-0.4, -0.2) is 46.7 Å². The highest BCUT2D eigenvalue weighted by Gasteiger charge is 2.40. The van der Waals surface area contributed by atoms with Crippen molar-refractivity contribution in [1.82, 2.24) is 9.47 Å². The Morgan fingerprint density at radius 1 is 1.10 bits per heavy atom. The summed E-state index contributed by atoms with van der Waals surface area (Å²) in [5, 5.41) is 0.997. The zero-order chi connectivity index (χ0) is 28.4. The number of hydrogen-bond donors (Lipinski definition) is 0. The van der Waals surface area contributed by atoms with E-state index in [9.17, 15) is 14.0 Å². The number of hydrogen-bond acceptors (Lipinski definition) is 5. The van der Waals surface area contributed by atoms with Crippen LogP contribution < -0.4 is 9.64 Å². The van der Waals surface area contributed by atoms with Crippen molar-refractivity contribution < 1.29 is 23.5 Å². The van der Waals surface area contributed by atoms with Crippen LogP contribution in [0.2, 0.25) is 0 Å². The van der Waals surface area contributed by atoms with E-state index in [1.54, 1.807) is 48.5 Å². The molecule has 1 aliphatic heterocycles. The molecule has 0 N–H and O–H groups in total. The number of anilines is 1. The topological polar surface area (TPSA) is 64.0 Å².